The molecular weight excluding hydrogens is 390 g/mol. The number of hydrogen-bond donors (Lipinski definition) is 1. The zero-order valence-electron chi connectivity index (χ0n) is 18.3. The molecule has 0 radical (unpaired) electrons. The predicted octanol–water partition coefficient (Wildman–Crippen LogP) is 5.68. The molecule has 4 rings (SSSR count). The molecule has 0 saturated carbocycles. The van der Waals surface area contributed by atoms with Gasteiger partial charge in [0, 0.05) is 13.1 Å². The molecule has 1 fully saturated rings. The Labute approximate surface area is 183 Å². The number of urea groups is 1. The first kappa shape index (κ1) is 21.2. The second kappa shape index (κ2) is 9.86. The SMILES string of the molecule is Cc1oncc1NC(=O)N1CCC(=Cc2cccc(OCC3CC=CCC3)c2)C(C)C1. The summed E-state index contributed by atoms with van der Waals surface area (Å²) in [5.74, 6) is 2.45. The van der Waals surface area contributed by atoms with E-state index in [1.165, 1.54) is 18.2 Å². The van der Waals surface area contributed by atoms with E-state index in [-0.39, 0.29) is 6.03 Å². The van der Waals surface area contributed by atoms with Crippen LogP contribution in [0.4, 0.5) is 10.5 Å². The van der Waals surface area contributed by atoms with Crippen LogP contribution in [0.15, 0.2) is 52.7 Å². The molecule has 6 nitrogen and oxygen atoms in total. The summed E-state index contributed by atoms with van der Waals surface area (Å²) >= 11 is 0. The Balaban J connectivity index is 1.33. The Morgan fingerprint density at radius 3 is 3.03 bits per heavy atom. The smallest absolute Gasteiger partial charge is 0.322 e. The zero-order valence-corrected chi connectivity index (χ0v) is 18.3. The average molecular weight is 422 g/mol. The monoisotopic (exact) mass is 421 g/mol. The van der Waals surface area contributed by atoms with Crippen molar-refractivity contribution in [2.24, 2.45) is 11.8 Å². The van der Waals surface area contributed by atoms with Gasteiger partial charge in [0.25, 0.3) is 0 Å². The molecule has 6 heteroatoms. The number of amides is 2. The molecule has 0 spiro atoms. The normalized spacial score (nSPS) is 22.5. The molecule has 1 aromatic heterocycles. The highest BCUT2D eigenvalue weighted by atomic mass is 16.5. The number of piperidine rings is 1. The van der Waals surface area contributed by atoms with E-state index in [9.17, 15) is 4.79 Å². The minimum absolute atomic E-state index is 0.106. The summed E-state index contributed by atoms with van der Waals surface area (Å²) in [5.41, 5.74) is 3.14. The lowest BCUT2D eigenvalue weighted by atomic mass is 9.91. The summed E-state index contributed by atoms with van der Waals surface area (Å²) in [6.07, 6.45) is 12.6. The van der Waals surface area contributed by atoms with Gasteiger partial charge < -0.3 is 19.5 Å². The Hall–Kier alpha value is -3.02. The van der Waals surface area contributed by atoms with Crippen molar-refractivity contribution in [3.8, 4) is 5.75 Å². The van der Waals surface area contributed by atoms with E-state index < -0.39 is 0 Å². The van der Waals surface area contributed by atoms with Crippen LogP contribution in [0, 0.1) is 18.8 Å². The van der Waals surface area contributed by atoms with Gasteiger partial charge in [-0.1, -0.05) is 48.0 Å². The van der Waals surface area contributed by atoms with Gasteiger partial charge in [0.1, 0.15) is 11.4 Å². The van der Waals surface area contributed by atoms with Gasteiger partial charge in [-0.25, -0.2) is 4.79 Å². The number of carbonyl (C=O) groups is 1. The Kier molecular flexibility index (Phi) is 6.75. The fourth-order valence-electron chi connectivity index (χ4n) is 4.19. The highest BCUT2D eigenvalue weighted by molar-refractivity contribution is 5.89. The molecule has 1 aliphatic heterocycles. The summed E-state index contributed by atoms with van der Waals surface area (Å²) in [6, 6.07) is 8.21. The van der Waals surface area contributed by atoms with Gasteiger partial charge in [-0.05, 0) is 62.1 Å². The van der Waals surface area contributed by atoms with Gasteiger partial charge in [0.05, 0.1) is 12.8 Å². The van der Waals surface area contributed by atoms with E-state index in [0.717, 1.165) is 37.2 Å². The highest BCUT2D eigenvalue weighted by Gasteiger charge is 2.25. The second-order valence-electron chi connectivity index (χ2n) is 8.58. The molecule has 2 aliphatic rings. The van der Waals surface area contributed by atoms with Gasteiger partial charge in [-0.3, -0.25) is 0 Å². The van der Waals surface area contributed by atoms with E-state index in [1.54, 1.807) is 6.92 Å². The fourth-order valence-corrected chi connectivity index (χ4v) is 4.19. The molecular formula is C25H31N3O3. The van der Waals surface area contributed by atoms with Crippen molar-refractivity contribution in [1.29, 1.82) is 0 Å². The molecule has 2 aromatic rings. The van der Waals surface area contributed by atoms with Crippen molar-refractivity contribution in [2.45, 2.75) is 39.5 Å². The first-order valence-corrected chi connectivity index (χ1v) is 11.1. The van der Waals surface area contributed by atoms with Gasteiger partial charge in [-0.2, -0.15) is 0 Å². The molecule has 31 heavy (non-hydrogen) atoms. The number of nitrogens with zero attached hydrogens (tertiary/aromatic N) is 2. The predicted molar refractivity (Wildman–Crippen MR) is 122 cm³/mol. The van der Waals surface area contributed by atoms with Crippen molar-refractivity contribution in [3.63, 3.8) is 0 Å². The summed E-state index contributed by atoms with van der Waals surface area (Å²) in [4.78, 5) is 14.4. The Bertz CT molecular complexity index is 962. The maximum Gasteiger partial charge on any atom is 0.322 e. The van der Waals surface area contributed by atoms with Crippen LogP contribution in [0.25, 0.3) is 6.08 Å². The zero-order chi connectivity index (χ0) is 21.6. The number of allylic oxidation sites excluding steroid dienone is 2. The largest absolute Gasteiger partial charge is 0.493 e. The molecule has 0 bridgehead atoms. The maximum atomic E-state index is 12.6. The lowest BCUT2D eigenvalue weighted by Gasteiger charge is -2.33. The van der Waals surface area contributed by atoms with E-state index in [2.05, 4.69) is 53.8 Å². The van der Waals surface area contributed by atoms with Crippen molar-refractivity contribution < 1.29 is 14.1 Å². The number of rotatable bonds is 5. The van der Waals surface area contributed by atoms with Crippen LogP contribution < -0.4 is 10.1 Å². The Morgan fingerprint density at radius 2 is 2.29 bits per heavy atom. The minimum Gasteiger partial charge on any atom is -0.493 e. The molecule has 1 aromatic carbocycles. The third kappa shape index (κ3) is 5.57. The van der Waals surface area contributed by atoms with E-state index >= 15 is 0 Å². The molecule has 2 unspecified atom stereocenters. The maximum absolute atomic E-state index is 12.6. The number of likely N-dealkylation sites (tertiary alicyclic amines) is 1. The molecule has 1 saturated heterocycles. The summed E-state index contributed by atoms with van der Waals surface area (Å²) in [5, 5.41) is 6.59. The third-order valence-electron chi connectivity index (χ3n) is 6.15. The number of aryl methyl sites for hydroxylation is 1. The van der Waals surface area contributed by atoms with Gasteiger partial charge in [0.2, 0.25) is 0 Å². The second-order valence-corrected chi connectivity index (χ2v) is 8.58. The molecule has 2 atom stereocenters. The van der Waals surface area contributed by atoms with Crippen LogP contribution in [-0.4, -0.2) is 35.8 Å². The molecule has 1 N–H and O–H groups in total. The van der Waals surface area contributed by atoms with Gasteiger partial charge >= 0.3 is 6.03 Å². The minimum atomic E-state index is -0.106. The molecule has 1 aliphatic carbocycles. The summed E-state index contributed by atoms with van der Waals surface area (Å²) < 4.78 is 11.1. The van der Waals surface area contributed by atoms with Gasteiger partial charge in [-0.15, -0.1) is 0 Å². The standard InChI is InChI=1S/C25H31N3O3/c1-18-16-28(25(29)27-24-15-26-31-19(24)2)12-11-22(18)13-21-9-6-10-23(14-21)30-17-20-7-4-3-5-8-20/h3-4,6,9-10,13-15,18,20H,5,7-8,11-12,16-17H2,1-2H3,(H,27,29). The number of anilines is 1. The molecule has 2 amide bonds. The van der Waals surface area contributed by atoms with Crippen molar-refractivity contribution in [2.75, 3.05) is 25.0 Å². The van der Waals surface area contributed by atoms with Crippen LogP contribution in [0.3, 0.4) is 0 Å². The lowest BCUT2D eigenvalue weighted by molar-refractivity contribution is 0.197. The molecule has 164 valence electrons. The highest BCUT2D eigenvalue weighted by Crippen LogP contribution is 2.27. The quantitative estimate of drug-likeness (QED) is 0.631. The first-order chi connectivity index (χ1) is 15.1. The van der Waals surface area contributed by atoms with Gasteiger partial charge in [0.15, 0.2) is 5.76 Å². The number of benzene rings is 1. The number of carbonyl (C=O) groups excluding carboxylic acids is 1. The first-order valence-electron chi connectivity index (χ1n) is 11.1. The van der Waals surface area contributed by atoms with E-state index in [1.807, 2.05) is 11.0 Å². The molecule has 2 heterocycles. The topological polar surface area (TPSA) is 67.6 Å². The van der Waals surface area contributed by atoms with Crippen molar-refractivity contribution in [1.82, 2.24) is 10.1 Å². The number of nitrogens with one attached hydrogen (secondary N) is 1. The van der Waals surface area contributed by atoms with Crippen molar-refractivity contribution >= 4 is 17.8 Å². The summed E-state index contributed by atoms with van der Waals surface area (Å²) in [6.45, 7) is 6.11. The average Bonchev–Trinajstić information content (AvgIpc) is 3.19. The van der Waals surface area contributed by atoms with Crippen LogP contribution in [0.1, 0.15) is 43.9 Å². The van der Waals surface area contributed by atoms with E-state index in [4.69, 9.17) is 9.26 Å². The van der Waals surface area contributed by atoms with Crippen LogP contribution in [0.5, 0.6) is 5.75 Å². The number of ether oxygens (including phenoxy) is 1. The van der Waals surface area contributed by atoms with Crippen LogP contribution in [-0.2, 0) is 0 Å². The number of hydrogen-bond acceptors (Lipinski definition) is 4. The summed E-state index contributed by atoms with van der Waals surface area (Å²) in [7, 11) is 0. The lowest BCUT2D eigenvalue weighted by Crippen LogP contribution is -2.42. The fraction of sp³-hybridized carbons (Fsp3) is 0.440. The van der Waals surface area contributed by atoms with Crippen molar-refractivity contribution in [3.05, 3.63) is 59.5 Å². The van der Waals surface area contributed by atoms with Crippen LogP contribution in [0.2, 0.25) is 0 Å². The van der Waals surface area contributed by atoms with Crippen LogP contribution >= 0.6 is 0 Å². The third-order valence-corrected chi connectivity index (χ3v) is 6.15. The number of aromatic nitrogens is 1. The van der Waals surface area contributed by atoms with E-state index in [0.29, 0.717) is 36.4 Å². The Morgan fingerprint density at radius 1 is 1.39 bits per heavy atom.